The topological polar surface area (TPSA) is 29.5 Å². The van der Waals surface area contributed by atoms with E-state index < -0.39 is 6.17 Å². The van der Waals surface area contributed by atoms with Crippen molar-refractivity contribution in [2.75, 3.05) is 0 Å². The number of alkyl halides is 1. The molecule has 1 saturated carbocycles. The Balaban J connectivity index is 2.48. The van der Waals surface area contributed by atoms with Gasteiger partial charge in [0.25, 0.3) is 0 Å². The second-order valence-corrected chi connectivity index (χ2v) is 5.07. The van der Waals surface area contributed by atoms with Gasteiger partial charge >= 0.3 is 0 Å². The second-order valence-electron chi connectivity index (χ2n) is 5.07. The SMILES string of the molecule is CC(C)(C)ON(C=O)[C@H]1CC[C@@H](F)CC1. The van der Waals surface area contributed by atoms with Gasteiger partial charge in [0.1, 0.15) is 6.17 Å². The fraction of sp³-hybridized carbons (Fsp3) is 0.909. The zero-order valence-corrected chi connectivity index (χ0v) is 9.70. The van der Waals surface area contributed by atoms with E-state index >= 15 is 0 Å². The first-order chi connectivity index (χ1) is 6.92. The summed E-state index contributed by atoms with van der Waals surface area (Å²) in [7, 11) is 0. The van der Waals surface area contributed by atoms with Crippen molar-refractivity contribution in [1.82, 2.24) is 5.06 Å². The van der Waals surface area contributed by atoms with Crippen LogP contribution in [0.4, 0.5) is 4.39 Å². The lowest BCUT2D eigenvalue weighted by Gasteiger charge is -2.35. The molecule has 15 heavy (non-hydrogen) atoms. The quantitative estimate of drug-likeness (QED) is 0.537. The van der Waals surface area contributed by atoms with E-state index in [0.29, 0.717) is 32.1 Å². The Hall–Kier alpha value is -0.640. The number of hydroxylamine groups is 2. The third kappa shape index (κ3) is 4.16. The predicted molar refractivity (Wildman–Crippen MR) is 55.9 cm³/mol. The molecule has 1 fully saturated rings. The summed E-state index contributed by atoms with van der Waals surface area (Å²) < 4.78 is 12.9. The third-order valence-corrected chi connectivity index (χ3v) is 2.47. The fourth-order valence-electron chi connectivity index (χ4n) is 1.79. The standard InChI is InChI=1S/C11H20FNO2/c1-11(2,3)15-13(8-14)10-6-4-9(12)5-7-10/h8-10H,4-7H2,1-3H3/t9-,10+. The highest BCUT2D eigenvalue weighted by atomic mass is 19.1. The molecule has 0 heterocycles. The lowest BCUT2D eigenvalue weighted by atomic mass is 9.94. The maximum absolute atomic E-state index is 12.9. The van der Waals surface area contributed by atoms with Crippen LogP contribution in [0.15, 0.2) is 0 Å². The molecule has 1 aliphatic carbocycles. The molecule has 0 N–H and O–H groups in total. The van der Waals surface area contributed by atoms with Crippen LogP contribution in [0.5, 0.6) is 0 Å². The Labute approximate surface area is 90.5 Å². The summed E-state index contributed by atoms with van der Waals surface area (Å²) in [4.78, 5) is 16.4. The van der Waals surface area contributed by atoms with Crippen molar-refractivity contribution in [1.29, 1.82) is 0 Å². The van der Waals surface area contributed by atoms with Crippen molar-refractivity contribution in [3.63, 3.8) is 0 Å². The minimum atomic E-state index is -0.704. The number of rotatable bonds is 3. The largest absolute Gasteiger partial charge is 0.276 e. The van der Waals surface area contributed by atoms with Gasteiger partial charge in [0.15, 0.2) is 0 Å². The van der Waals surface area contributed by atoms with E-state index in [0.717, 1.165) is 0 Å². The predicted octanol–water partition coefficient (Wildman–Crippen LogP) is 2.46. The van der Waals surface area contributed by atoms with E-state index in [1.807, 2.05) is 20.8 Å². The zero-order chi connectivity index (χ0) is 11.5. The van der Waals surface area contributed by atoms with Gasteiger partial charge in [-0.2, -0.15) is 0 Å². The van der Waals surface area contributed by atoms with Crippen LogP contribution >= 0.6 is 0 Å². The van der Waals surface area contributed by atoms with Crippen LogP contribution in [-0.4, -0.2) is 29.3 Å². The van der Waals surface area contributed by atoms with Gasteiger partial charge in [0.2, 0.25) is 6.41 Å². The number of hydrogen-bond acceptors (Lipinski definition) is 2. The number of nitrogens with zero attached hydrogens (tertiary/aromatic N) is 1. The molecule has 0 unspecified atom stereocenters. The molecule has 0 atom stereocenters. The van der Waals surface area contributed by atoms with Crippen LogP contribution < -0.4 is 0 Å². The van der Waals surface area contributed by atoms with Crippen LogP contribution in [-0.2, 0) is 9.63 Å². The summed E-state index contributed by atoms with van der Waals surface area (Å²) in [6.45, 7) is 5.68. The van der Waals surface area contributed by atoms with Crippen molar-refractivity contribution < 1.29 is 14.0 Å². The van der Waals surface area contributed by atoms with Gasteiger partial charge in [-0.1, -0.05) is 0 Å². The highest BCUT2D eigenvalue weighted by Crippen LogP contribution is 2.26. The Bertz CT molecular complexity index is 207. The first-order valence-corrected chi connectivity index (χ1v) is 5.49. The summed E-state index contributed by atoms with van der Waals surface area (Å²) in [5, 5.41) is 1.35. The van der Waals surface area contributed by atoms with Crippen molar-refractivity contribution in [2.24, 2.45) is 0 Å². The minimum absolute atomic E-state index is 0.0359. The van der Waals surface area contributed by atoms with Crippen molar-refractivity contribution >= 4 is 6.41 Å². The van der Waals surface area contributed by atoms with Gasteiger partial charge in [0.05, 0.1) is 11.6 Å². The van der Waals surface area contributed by atoms with Crippen LogP contribution in [0.3, 0.4) is 0 Å². The van der Waals surface area contributed by atoms with Crippen molar-refractivity contribution in [2.45, 2.75) is 64.3 Å². The number of halogens is 1. The van der Waals surface area contributed by atoms with Crippen LogP contribution in [0.1, 0.15) is 46.5 Å². The summed E-state index contributed by atoms with van der Waals surface area (Å²) in [6, 6.07) is 0.0359. The van der Waals surface area contributed by atoms with Gasteiger partial charge in [-0.05, 0) is 46.5 Å². The maximum atomic E-state index is 12.9. The Morgan fingerprint density at radius 3 is 2.20 bits per heavy atom. The zero-order valence-electron chi connectivity index (χ0n) is 9.70. The van der Waals surface area contributed by atoms with E-state index in [2.05, 4.69) is 0 Å². The molecule has 4 heteroatoms. The van der Waals surface area contributed by atoms with Crippen LogP contribution in [0.25, 0.3) is 0 Å². The van der Waals surface area contributed by atoms with E-state index in [-0.39, 0.29) is 11.6 Å². The van der Waals surface area contributed by atoms with Crippen molar-refractivity contribution in [3.05, 3.63) is 0 Å². The van der Waals surface area contributed by atoms with Crippen LogP contribution in [0.2, 0.25) is 0 Å². The third-order valence-electron chi connectivity index (χ3n) is 2.47. The molecule has 0 aromatic heterocycles. The highest BCUT2D eigenvalue weighted by Gasteiger charge is 2.28. The highest BCUT2D eigenvalue weighted by molar-refractivity contribution is 5.45. The van der Waals surface area contributed by atoms with E-state index in [1.165, 1.54) is 5.06 Å². The molecule has 1 aliphatic rings. The number of carbonyl (C=O) groups is 1. The average molecular weight is 217 g/mol. The molecule has 0 saturated heterocycles. The van der Waals surface area contributed by atoms with E-state index in [1.54, 1.807) is 0 Å². The second kappa shape index (κ2) is 4.92. The Kier molecular flexibility index (Phi) is 4.08. The van der Waals surface area contributed by atoms with Gasteiger partial charge < -0.3 is 0 Å². The number of amides is 1. The van der Waals surface area contributed by atoms with Crippen molar-refractivity contribution in [3.8, 4) is 0 Å². The van der Waals surface area contributed by atoms with Gasteiger partial charge in [-0.3, -0.25) is 9.63 Å². The summed E-state index contributed by atoms with van der Waals surface area (Å²) in [5.74, 6) is 0. The summed E-state index contributed by atoms with van der Waals surface area (Å²) in [6.07, 6.45) is 2.44. The lowest BCUT2D eigenvalue weighted by Crippen LogP contribution is -2.42. The van der Waals surface area contributed by atoms with E-state index in [9.17, 15) is 9.18 Å². The van der Waals surface area contributed by atoms with Gasteiger partial charge in [-0.15, -0.1) is 0 Å². The molecule has 0 spiro atoms. The van der Waals surface area contributed by atoms with Gasteiger partial charge in [-0.25, -0.2) is 9.45 Å². The molecule has 1 rings (SSSR count). The minimum Gasteiger partial charge on any atom is -0.276 e. The monoisotopic (exact) mass is 217 g/mol. The normalized spacial score (nSPS) is 27.5. The molecule has 3 nitrogen and oxygen atoms in total. The van der Waals surface area contributed by atoms with Crippen LogP contribution in [0, 0.1) is 0 Å². The molecule has 0 radical (unpaired) electrons. The first kappa shape index (κ1) is 12.4. The molecule has 0 bridgehead atoms. The van der Waals surface area contributed by atoms with E-state index in [4.69, 9.17) is 4.84 Å². The summed E-state index contributed by atoms with van der Waals surface area (Å²) in [5.41, 5.74) is -0.381. The molecule has 1 amide bonds. The molecular formula is C11H20FNO2. The Morgan fingerprint density at radius 2 is 1.80 bits per heavy atom. The van der Waals surface area contributed by atoms with Gasteiger partial charge in [0, 0.05) is 0 Å². The molecule has 0 aromatic carbocycles. The molecule has 0 aliphatic heterocycles. The molecule has 88 valence electrons. The fourth-order valence-corrected chi connectivity index (χ4v) is 1.79. The maximum Gasteiger partial charge on any atom is 0.233 e. The number of hydrogen-bond donors (Lipinski definition) is 0. The molecular weight excluding hydrogens is 197 g/mol. The molecule has 0 aromatic rings. The first-order valence-electron chi connectivity index (χ1n) is 5.49. The smallest absolute Gasteiger partial charge is 0.233 e. The summed E-state index contributed by atoms with van der Waals surface area (Å²) >= 11 is 0. The Morgan fingerprint density at radius 1 is 1.27 bits per heavy atom. The average Bonchev–Trinajstić information content (AvgIpc) is 2.14. The number of carbonyl (C=O) groups excluding carboxylic acids is 1. The lowest BCUT2D eigenvalue weighted by molar-refractivity contribution is -0.236.